The number of hydrogen-bond acceptors (Lipinski definition) is 3. The lowest BCUT2D eigenvalue weighted by Gasteiger charge is -2.37. The van der Waals surface area contributed by atoms with Crippen molar-refractivity contribution in [2.45, 2.75) is 37.5 Å². The predicted octanol–water partition coefficient (Wildman–Crippen LogP) is 12.3. The molecule has 3 nitrogen and oxygen atoms in total. The summed E-state index contributed by atoms with van der Waals surface area (Å²) in [4.78, 5) is 10.3. The molecule has 0 N–H and O–H groups in total. The minimum Gasteiger partial charge on any atom is -0.455 e. The molecule has 6 aromatic carbocycles. The fourth-order valence-corrected chi connectivity index (χ4v) is 8.75. The Morgan fingerprint density at radius 3 is 1.63 bits per heavy atom. The largest absolute Gasteiger partial charge is 0.455 e. The molecule has 10 rings (SSSR count). The molecule has 49 heavy (non-hydrogen) atoms. The van der Waals surface area contributed by atoms with Gasteiger partial charge in [-0.15, -0.1) is 0 Å². The van der Waals surface area contributed by atoms with E-state index >= 15 is 0 Å². The molecule has 2 heterocycles. The van der Waals surface area contributed by atoms with Crippen LogP contribution in [0, 0.1) is 0 Å². The van der Waals surface area contributed by atoms with Crippen molar-refractivity contribution >= 4 is 21.9 Å². The number of nitrogens with zero attached hydrogens (tertiary/aromatic N) is 2. The smallest absolute Gasteiger partial charge is 0.164 e. The van der Waals surface area contributed by atoms with Crippen molar-refractivity contribution < 1.29 is 4.42 Å². The Morgan fingerprint density at radius 1 is 0.449 bits per heavy atom. The van der Waals surface area contributed by atoms with Gasteiger partial charge in [0.25, 0.3) is 0 Å². The fourth-order valence-electron chi connectivity index (χ4n) is 8.75. The second-order valence-electron chi connectivity index (χ2n) is 13.6. The number of rotatable bonds is 4. The Bertz CT molecular complexity index is 2470. The van der Waals surface area contributed by atoms with E-state index in [1.54, 1.807) is 0 Å². The average Bonchev–Trinajstić information content (AvgIpc) is 3.69. The van der Waals surface area contributed by atoms with Gasteiger partial charge in [-0.05, 0) is 52.8 Å². The molecule has 0 amide bonds. The normalized spacial score (nSPS) is 14.7. The van der Waals surface area contributed by atoms with E-state index in [0.29, 0.717) is 5.82 Å². The molecule has 0 atom stereocenters. The van der Waals surface area contributed by atoms with Crippen molar-refractivity contribution in [1.82, 2.24) is 9.97 Å². The summed E-state index contributed by atoms with van der Waals surface area (Å²) in [6.45, 7) is 0. The van der Waals surface area contributed by atoms with E-state index in [-0.39, 0.29) is 5.41 Å². The van der Waals surface area contributed by atoms with Crippen molar-refractivity contribution in [1.29, 1.82) is 0 Å². The number of aromatic nitrogens is 2. The summed E-state index contributed by atoms with van der Waals surface area (Å²) in [6.07, 6.45) is 6.20. The van der Waals surface area contributed by atoms with Gasteiger partial charge in [-0.25, -0.2) is 9.97 Å². The van der Waals surface area contributed by atoms with Crippen LogP contribution in [0.3, 0.4) is 0 Å². The van der Waals surface area contributed by atoms with Crippen LogP contribution < -0.4 is 0 Å². The molecule has 2 aliphatic rings. The topological polar surface area (TPSA) is 38.9 Å². The maximum absolute atomic E-state index is 7.05. The number of benzene rings is 6. The zero-order chi connectivity index (χ0) is 32.4. The molecule has 234 valence electrons. The van der Waals surface area contributed by atoms with Crippen molar-refractivity contribution in [2.24, 2.45) is 0 Å². The zero-order valence-corrected chi connectivity index (χ0v) is 27.2. The van der Waals surface area contributed by atoms with Gasteiger partial charge in [0.2, 0.25) is 0 Å². The predicted molar refractivity (Wildman–Crippen MR) is 200 cm³/mol. The first-order valence-corrected chi connectivity index (χ1v) is 17.5. The number of fused-ring (bicyclic) bond motifs is 8. The van der Waals surface area contributed by atoms with Crippen LogP contribution in [0.4, 0.5) is 0 Å². The first-order chi connectivity index (χ1) is 24.3. The Morgan fingerprint density at radius 2 is 0.959 bits per heavy atom. The molecular formula is C46H34N2O. The molecule has 2 aliphatic carbocycles. The molecule has 0 unspecified atom stereocenters. The third kappa shape index (κ3) is 4.35. The molecule has 0 aliphatic heterocycles. The van der Waals surface area contributed by atoms with Crippen LogP contribution in [0.15, 0.2) is 150 Å². The summed E-state index contributed by atoms with van der Waals surface area (Å²) in [6, 6.07) is 51.8. The number of hydrogen-bond donors (Lipinski definition) is 0. The lowest BCUT2D eigenvalue weighted by atomic mass is 9.66. The van der Waals surface area contributed by atoms with Crippen molar-refractivity contribution in [3.8, 4) is 56.2 Å². The molecule has 1 saturated carbocycles. The molecule has 0 bridgehead atoms. The van der Waals surface area contributed by atoms with E-state index in [4.69, 9.17) is 14.4 Å². The maximum Gasteiger partial charge on any atom is 0.164 e. The summed E-state index contributed by atoms with van der Waals surface area (Å²) >= 11 is 0. The Balaban J connectivity index is 1.20. The van der Waals surface area contributed by atoms with Gasteiger partial charge in [0.05, 0.1) is 17.0 Å². The highest BCUT2D eigenvalue weighted by Crippen LogP contribution is 2.58. The minimum atomic E-state index is 0.0413. The van der Waals surface area contributed by atoms with Crippen LogP contribution in [0.2, 0.25) is 0 Å². The highest BCUT2D eigenvalue weighted by atomic mass is 16.3. The summed E-state index contributed by atoms with van der Waals surface area (Å²) in [5.74, 6) is 0.656. The Labute approximate surface area is 285 Å². The molecule has 2 aromatic heterocycles. The monoisotopic (exact) mass is 630 g/mol. The van der Waals surface area contributed by atoms with Crippen LogP contribution in [0.1, 0.15) is 43.2 Å². The maximum atomic E-state index is 7.05. The van der Waals surface area contributed by atoms with E-state index in [0.717, 1.165) is 55.6 Å². The summed E-state index contributed by atoms with van der Waals surface area (Å²) in [7, 11) is 0. The van der Waals surface area contributed by atoms with E-state index in [1.165, 1.54) is 59.9 Å². The Hall–Kier alpha value is -5.80. The number of furan rings is 1. The van der Waals surface area contributed by atoms with E-state index in [1.807, 2.05) is 12.1 Å². The summed E-state index contributed by atoms with van der Waals surface area (Å²) in [5.41, 5.74) is 14.7. The lowest BCUT2D eigenvalue weighted by Crippen LogP contribution is -2.28. The summed E-state index contributed by atoms with van der Waals surface area (Å²) < 4.78 is 7.05. The van der Waals surface area contributed by atoms with Gasteiger partial charge >= 0.3 is 0 Å². The third-order valence-corrected chi connectivity index (χ3v) is 10.9. The molecule has 1 spiro atoms. The second kappa shape index (κ2) is 11.1. The van der Waals surface area contributed by atoms with Crippen LogP contribution >= 0.6 is 0 Å². The molecule has 8 aromatic rings. The van der Waals surface area contributed by atoms with E-state index < -0.39 is 0 Å². The zero-order valence-electron chi connectivity index (χ0n) is 27.2. The fraction of sp³-hybridized carbons (Fsp3) is 0.130. The SMILES string of the molecule is c1ccc(-c2cc(-c3ccccc3)nc(-c3cccc4c3oc3c(-c5cccc6c5C5(CCCCC5)c5ccccc5-6)cccc34)n2)cc1. The first kappa shape index (κ1) is 28.2. The highest BCUT2D eigenvalue weighted by Gasteiger charge is 2.45. The summed E-state index contributed by atoms with van der Waals surface area (Å²) in [5, 5.41) is 2.19. The van der Waals surface area contributed by atoms with Gasteiger partial charge in [0.15, 0.2) is 5.82 Å². The molecule has 0 saturated heterocycles. The van der Waals surface area contributed by atoms with Crippen LogP contribution in [0.5, 0.6) is 0 Å². The van der Waals surface area contributed by atoms with Crippen molar-refractivity contribution in [2.75, 3.05) is 0 Å². The average molecular weight is 631 g/mol. The van der Waals surface area contributed by atoms with Crippen LogP contribution in [0.25, 0.3) is 78.1 Å². The molecular weight excluding hydrogens is 597 g/mol. The molecule has 3 heteroatoms. The van der Waals surface area contributed by atoms with Gasteiger partial charge in [0, 0.05) is 32.9 Å². The quantitative estimate of drug-likeness (QED) is 0.194. The van der Waals surface area contributed by atoms with E-state index in [9.17, 15) is 0 Å². The van der Waals surface area contributed by atoms with Crippen molar-refractivity contribution in [3.05, 3.63) is 157 Å². The minimum absolute atomic E-state index is 0.0413. The van der Waals surface area contributed by atoms with Crippen molar-refractivity contribution in [3.63, 3.8) is 0 Å². The van der Waals surface area contributed by atoms with Gasteiger partial charge in [0.1, 0.15) is 11.2 Å². The first-order valence-electron chi connectivity index (χ1n) is 17.5. The Kier molecular flexibility index (Phi) is 6.42. The molecule has 1 fully saturated rings. The van der Waals surface area contributed by atoms with Crippen LogP contribution in [-0.4, -0.2) is 9.97 Å². The second-order valence-corrected chi connectivity index (χ2v) is 13.6. The number of para-hydroxylation sites is 2. The van der Waals surface area contributed by atoms with Gasteiger partial charge in [-0.1, -0.05) is 153 Å². The van der Waals surface area contributed by atoms with Gasteiger partial charge < -0.3 is 4.42 Å². The third-order valence-electron chi connectivity index (χ3n) is 10.9. The highest BCUT2D eigenvalue weighted by molar-refractivity contribution is 6.13. The van der Waals surface area contributed by atoms with Crippen LogP contribution in [-0.2, 0) is 5.41 Å². The lowest BCUT2D eigenvalue weighted by molar-refractivity contribution is 0.353. The van der Waals surface area contributed by atoms with E-state index in [2.05, 4.69) is 133 Å². The van der Waals surface area contributed by atoms with Gasteiger partial charge in [-0.3, -0.25) is 0 Å². The molecule has 0 radical (unpaired) electrons. The van der Waals surface area contributed by atoms with Gasteiger partial charge in [-0.2, -0.15) is 0 Å². The standard InChI is InChI=1S/C46H34N2O/c1-4-15-30(16-5-1)40-29-41(31-17-6-2-7-18-31)48-45(47-40)38-25-14-24-37-36-23-13-22-35(43(36)49-44(37)38)34-21-12-20-33-32-19-8-9-26-39(32)46(42(33)34)27-10-3-11-28-46/h1-2,4-9,12-26,29H,3,10-11,27-28H2.